The van der Waals surface area contributed by atoms with Gasteiger partial charge in [-0.15, -0.1) is 11.3 Å². The Labute approximate surface area is 162 Å². The minimum absolute atomic E-state index is 0.00971. The first-order valence-corrected chi connectivity index (χ1v) is 8.95. The van der Waals surface area contributed by atoms with Crippen LogP contribution in [-0.2, 0) is 11.2 Å². The zero-order valence-corrected chi connectivity index (χ0v) is 15.1. The lowest BCUT2D eigenvalue weighted by molar-refractivity contribution is -0.120. The number of alkyl halides is 2. The van der Waals surface area contributed by atoms with Gasteiger partial charge in [-0.05, 0) is 36.4 Å². The van der Waals surface area contributed by atoms with Crippen molar-refractivity contribution in [3.63, 3.8) is 0 Å². The summed E-state index contributed by atoms with van der Waals surface area (Å²) in [5.41, 5.74) is 3.92. The van der Waals surface area contributed by atoms with Gasteiger partial charge in [-0.2, -0.15) is 13.9 Å². The van der Waals surface area contributed by atoms with Crippen LogP contribution in [-0.4, -0.2) is 23.7 Å². The van der Waals surface area contributed by atoms with E-state index in [1.807, 2.05) is 0 Å². The van der Waals surface area contributed by atoms with E-state index in [0.29, 0.717) is 16.3 Å². The number of hydrogen-bond donors (Lipinski definition) is 1. The fourth-order valence-electron chi connectivity index (χ4n) is 2.28. The van der Waals surface area contributed by atoms with Crippen molar-refractivity contribution in [3.8, 4) is 16.3 Å². The van der Waals surface area contributed by atoms with Crippen LogP contribution in [0, 0.1) is 5.82 Å². The molecule has 0 fully saturated rings. The predicted molar refractivity (Wildman–Crippen MR) is 100 cm³/mol. The number of benzene rings is 2. The van der Waals surface area contributed by atoms with Crippen LogP contribution in [0.5, 0.6) is 5.75 Å². The Morgan fingerprint density at radius 2 is 1.96 bits per heavy atom. The van der Waals surface area contributed by atoms with Gasteiger partial charge in [0, 0.05) is 16.5 Å². The van der Waals surface area contributed by atoms with Crippen molar-refractivity contribution in [3.05, 3.63) is 71.0 Å². The van der Waals surface area contributed by atoms with Crippen LogP contribution in [0.25, 0.3) is 10.6 Å². The third kappa shape index (κ3) is 5.40. The van der Waals surface area contributed by atoms with Crippen LogP contribution in [0.1, 0.15) is 11.3 Å². The molecule has 5 nitrogen and oxygen atoms in total. The molecule has 0 saturated heterocycles. The number of amides is 1. The average molecular weight is 405 g/mol. The SMILES string of the molecule is O=C(Cc1csc(-c2ccc(F)cc2)n1)N/N=C\c1ccccc1OC(F)F. The fraction of sp³-hybridized carbons (Fsp3) is 0.105. The molecule has 2 aromatic carbocycles. The Bertz CT molecular complexity index is 975. The highest BCUT2D eigenvalue weighted by molar-refractivity contribution is 7.13. The number of hydrazone groups is 1. The summed E-state index contributed by atoms with van der Waals surface area (Å²) in [4.78, 5) is 16.3. The van der Waals surface area contributed by atoms with E-state index in [9.17, 15) is 18.0 Å². The summed E-state index contributed by atoms with van der Waals surface area (Å²) < 4.78 is 42.1. The zero-order chi connectivity index (χ0) is 19.9. The number of nitrogens with one attached hydrogen (secondary N) is 1. The molecule has 1 aromatic heterocycles. The van der Waals surface area contributed by atoms with Crippen LogP contribution >= 0.6 is 11.3 Å². The summed E-state index contributed by atoms with van der Waals surface area (Å²) in [5, 5.41) is 6.17. The molecule has 3 aromatic rings. The van der Waals surface area contributed by atoms with Gasteiger partial charge in [0.05, 0.1) is 18.3 Å². The van der Waals surface area contributed by atoms with Gasteiger partial charge in [-0.3, -0.25) is 4.79 Å². The molecule has 0 aliphatic rings. The molecular weight excluding hydrogens is 391 g/mol. The number of rotatable bonds is 7. The highest BCUT2D eigenvalue weighted by Gasteiger charge is 2.10. The number of para-hydroxylation sites is 1. The third-order valence-electron chi connectivity index (χ3n) is 3.51. The molecule has 144 valence electrons. The lowest BCUT2D eigenvalue weighted by Crippen LogP contribution is -2.20. The molecule has 1 heterocycles. The second-order valence-electron chi connectivity index (χ2n) is 5.54. The number of ether oxygens (including phenoxy) is 1. The summed E-state index contributed by atoms with van der Waals surface area (Å²) in [6.07, 6.45) is 1.21. The van der Waals surface area contributed by atoms with Gasteiger partial charge >= 0.3 is 6.61 Å². The number of hydrogen-bond acceptors (Lipinski definition) is 5. The van der Waals surface area contributed by atoms with E-state index in [2.05, 4.69) is 20.2 Å². The molecule has 0 unspecified atom stereocenters. The van der Waals surface area contributed by atoms with E-state index < -0.39 is 12.5 Å². The Morgan fingerprint density at radius 1 is 1.21 bits per heavy atom. The van der Waals surface area contributed by atoms with E-state index in [1.54, 1.807) is 29.6 Å². The smallest absolute Gasteiger partial charge is 0.387 e. The quantitative estimate of drug-likeness (QED) is 0.472. The van der Waals surface area contributed by atoms with Gasteiger partial charge in [0.15, 0.2) is 0 Å². The van der Waals surface area contributed by atoms with Crippen molar-refractivity contribution in [1.29, 1.82) is 0 Å². The lowest BCUT2D eigenvalue weighted by Gasteiger charge is -2.06. The number of nitrogens with zero attached hydrogens (tertiary/aromatic N) is 2. The number of aromatic nitrogens is 1. The average Bonchev–Trinajstić information content (AvgIpc) is 3.11. The maximum atomic E-state index is 13.0. The van der Waals surface area contributed by atoms with Gasteiger partial charge < -0.3 is 4.74 Å². The van der Waals surface area contributed by atoms with E-state index in [4.69, 9.17) is 0 Å². The number of carbonyl (C=O) groups is 1. The standard InChI is InChI=1S/C19H14F3N3O2S/c20-14-7-5-12(6-8-14)18-24-15(11-28-18)9-17(26)25-23-10-13-3-1-2-4-16(13)27-19(21)22/h1-8,10-11,19H,9H2,(H,25,26)/b23-10-. The molecule has 0 atom stereocenters. The predicted octanol–water partition coefficient (Wildman–Crippen LogP) is 4.24. The Morgan fingerprint density at radius 3 is 2.71 bits per heavy atom. The third-order valence-corrected chi connectivity index (χ3v) is 4.45. The molecule has 28 heavy (non-hydrogen) atoms. The van der Waals surface area contributed by atoms with E-state index >= 15 is 0 Å². The first-order chi connectivity index (χ1) is 13.5. The van der Waals surface area contributed by atoms with Crippen molar-refractivity contribution < 1.29 is 22.7 Å². The number of halogens is 3. The maximum Gasteiger partial charge on any atom is 0.387 e. The van der Waals surface area contributed by atoms with Crippen molar-refractivity contribution in [2.75, 3.05) is 0 Å². The molecule has 0 bridgehead atoms. The molecule has 0 aliphatic carbocycles. The minimum Gasteiger partial charge on any atom is -0.434 e. The largest absolute Gasteiger partial charge is 0.434 e. The fourth-order valence-corrected chi connectivity index (χ4v) is 3.11. The van der Waals surface area contributed by atoms with E-state index in [1.165, 1.54) is 41.8 Å². The van der Waals surface area contributed by atoms with Crippen LogP contribution in [0.15, 0.2) is 59.0 Å². The number of thiazole rings is 1. The Hall–Kier alpha value is -3.20. The molecule has 0 spiro atoms. The molecular formula is C19H14F3N3O2S. The molecule has 1 N–H and O–H groups in total. The summed E-state index contributed by atoms with van der Waals surface area (Å²) >= 11 is 1.34. The highest BCUT2D eigenvalue weighted by Crippen LogP contribution is 2.24. The molecule has 9 heteroatoms. The van der Waals surface area contributed by atoms with Crippen LogP contribution in [0.4, 0.5) is 13.2 Å². The maximum absolute atomic E-state index is 13.0. The van der Waals surface area contributed by atoms with Crippen molar-refractivity contribution in [2.24, 2.45) is 5.10 Å². The monoisotopic (exact) mass is 405 g/mol. The van der Waals surface area contributed by atoms with Crippen molar-refractivity contribution >= 4 is 23.5 Å². The summed E-state index contributed by atoms with van der Waals surface area (Å²) in [5.74, 6) is -0.795. The Kier molecular flexibility index (Phi) is 6.38. The molecule has 0 radical (unpaired) electrons. The summed E-state index contributed by atoms with van der Waals surface area (Å²) in [6.45, 7) is -2.95. The van der Waals surface area contributed by atoms with Crippen molar-refractivity contribution in [2.45, 2.75) is 13.0 Å². The van der Waals surface area contributed by atoms with E-state index in [0.717, 1.165) is 5.56 Å². The second kappa shape index (κ2) is 9.14. The second-order valence-corrected chi connectivity index (χ2v) is 6.40. The summed E-state index contributed by atoms with van der Waals surface area (Å²) in [7, 11) is 0. The minimum atomic E-state index is -2.95. The Balaban J connectivity index is 1.58. The topological polar surface area (TPSA) is 63.6 Å². The first kappa shape index (κ1) is 19.6. The number of carbonyl (C=O) groups excluding carboxylic acids is 1. The highest BCUT2D eigenvalue weighted by atomic mass is 32.1. The molecule has 0 saturated carbocycles. The van der Waals surface area contributed by atoms with Crippen LogP contribution in [0.2, 0.25) is 0 Å². The van der Waals surface area contributed by atoms with Crippen LogP contribution in [0.3, 0.4) is 0 Å². The van der Waals surface area contributed by atoms with Gasteiger partial charge in [0.1, 0.15) is 16.6 Å². The molecule has 0 aliphatic heterocycles. The molecule has 1 amide bonds. The van der Waals surface area contributed by atoms with Gasteiger partial charge in [-0.1, -0.05) is 12.1 Å². The van der Waals surface area contributed by atoms with Gasteiger partial charge in [-0.25, -0.2) is 14.8 Å². The van der Waals surface area contributed by atoms with Gasteiger partial charge in [0.25, 0.3) is 0 Å². The van der Waals surface area contributed by atoms with E-state index in [-0.39, 0.29) is 18.0 Å². The van der Waals surface area contributed by atoms with Crippen LogP contribution < -0.4 is 10.2 Å². The molecule has 3 rings (SSSR count). The normalized spacial score (nSPS) is 11.1. The summed E-state index contributed by atoms with van der Waals surface area (Å²) in [6, 6.07) is 12.0. The zero-order valence-electron chi connectivity index (χ0n) is 14.3. The van der Waals surface area contributed by atoms with Crippen molar-refractivity contribution in [1.82, 2.24) is 10.4 Å². The van der Waals surface area contributed by atoms with Gasteiger partial charge in [0.2, 0.25) is 5.91 Å². The first-order valence-electron chi connectivity index (χ1n) is 8.07. The lowest BCUT2D eigenvalue weighted by atomic mass is 10.2.